The molecule has 0 spiro atoms. The van der Waals surface area contributed by atoms with Crippen molar-refractivity contribution in [3.63, 3.8) is 0 Å². The Hall–Kier alpha value is -4.57. The standard InChI is InChI=1S/C42H55N5O4S/c1-9-10-11-12-13-24-51-34-20-18-31(19-21-34)29(2)26-44-38(43-6)32-16-14-30(15-17-32)25-35(41(50)47-27-33(28-47)40(49)46(7)8)45-39(48)36-22-23-37(52-36)42(3,4)5/h14-23,26,33,35H,6,9-13,24-25,27-28H2,1-5,7-8H3,(H,45,48)/b29-26+,44-38-/t35-/m0/s1. The number of nitrogens with one attached hydrogen (secondary N) is 1. The number of aliphatic imine (C=N–C) groups is 2. The zero-order valence-corrected chi connectivity index (χ0v) is 32.7. The van der Waals surface area contributed by atoms with Crippen molar-refractivity contribution < 1.29 is 19.1 Å². The number of unbranched alkanes of at least 4 members (excludes halogenated alkanes) is 4. The van der Waals surface area contributed by atoms with E-state index in [4.69, 9.17) is 4.74 Å². The van der Waals surface area contributed by atoms with E-state index in [2.05, 4.69) is 49.7 Å². The highest BCUT2D eigenvalue weighted by Crippen LogP contribution is 2.30. The van der Waals surface area contributed by atoms with Gasteiger partial charge in [0, 0.05) is 50.2 Å². The van der Waals surface area contributed by atoms with E-state index >= 15 is 0 Å². The normalized spacial score (nSPS) is 14.4. The Bertz CT molecular complexity index is 1730. The summed E-state index contributed by atoms with van der Waals surface area (Å²) >= 11 is 1.44. The van der Waals surface area contributed by atoms with E-state index in [1.165, 1.54) is 37.0 Å². The summed E-state index contributed by atoms with van der Waals surface area (Å²) in [5, 5.41) is 3.00. The number of thiophene rings is 1. The van der Waals surface area contributed by atoms with Gasteiger partial charge in [-0.3, -0.25) is 14.4 Å². The van der Waals surface area contributed by atoms with Crippen LogP contribution < -0.4 is 10.1 Å². The highest BCUT2D eigenvalue weighted by atomic mass is 32.1. The minimum atomic E-state index is -0.798. The number of carbonyl (C=O) groups is 3. The van der Waals surface area contributed by atoms with Crippen molar-refractivity contribution in [1.29, 1.82) is 0 Å². The van der Waals surface area contributed by atoms with Gasteiger partial charge in [-0.2, -0.15) is 0 Å². The number of ether oxygens (including phenoxy) is 1. The maximum Gasteiger partial charge on any atom is 0.262 e. The van der Waals surface area contributed by atoms with Gasteiger partial charge in [-0.05, 0) is 66.4 Å². The molecule has 3 amide bonds. The zero-order chi connectivity index (χ0) is 37.8. The lowest BCUT2D eigenvalue weighted by Crippen LogP contribution is -2.60. The van der Waals surface area contributed by atoms with Crippen molar-refractivity contribution in [2.45, 2.75) is 84.6 Å². The summed E-state index contributed by atoms with van der Waals surface area (Å²) in [6, 6.07) is 18.6. The summed E-state index contributed by atoms with van der Waals surface area (Å²) < 4.78 is 5.91. The number of amidine groups is 1. The van der Waals surface area contributed by atoms with E-state index in [9.17, 15) is 14.4 Å². The van der Waals surface area contributed by atoms with E-state index in [0.29, 0.717) is 23.8 Å². The molecule has 52 heavy (non-hydrogen) atoms. The van der Waals surface area contributed by atoms with E-state index in [1.807, 2.05) is 67.6 Å². The summed E-state index contributed by atoms with van der Waals surface area (Å²) in [5.41, 5.74) is 3.56. The van der Waals surface area contributed by atoms with Crippen LogP contribution >= 0.6 is 11.3 Å². The van der Waals surface area contributed by atoms with E-state index in [1.54, 1.807) is 30.1 Å². The first-order valence-electron chi connectivity index (χ1n) is 18.3. The first-order valence-corrected chi connectivity index (χ1v) is 19.1. The molecule has 0 radical (unpaired) electrons. The topological polar surface area (TPSA) is 104 Å². The van der Waals surface area contributed by atoms with Gasteiger partial charge in [0.2, 0.25) is 11.8 Å². The third-order valence-electron chi connectivity index (χ3n) is 9.16. The first-order chi connectivity index (χ1) is 24.8. The van der Waals surface area contributed by atoms with Crippen LogP contribution in [0.15, 0.2) is 76.8 Å². The molecule has 1 fully saturated rings. The molecule has 3 aromatic rings. The van der Waals surface area contributed by atoms with Gasteiger partial charge >= 0.3 is 0 Å². The molecule has 278 valence electrons. The van der Waals surface area contributed by atoms with Gasteiger partial charge in [0.05, 0.1) is 17.4 Å². The Morgan fingerprint density at radius 2 is 1.63 bits per heavy atom. The Morgan fingerprint density at radius 1 is 0.981 bits per heavy atom. The number of hydrogen-bond donors (Lipinski definition) is 1. The Balaban J connectivity index is 1.43. The Morgan fingerprint density at radius 3 is 2.23 bits per heavy atom. The molecule has 1 aliphatic rings. The first kappa shape index (κ1) is 40.2. The summed E-state index contributed by atoms with van der Waals surface area (Å²) in [6.45, 7) is 15.7. The number of allylic oxidation sites excluding steroid dienone is 1. The fourth-order valence-corrected chi connectivity index (χ4v) is 6.83. The third kappa shape index (κ3) is 11.2. The average molecular weight is 726 g/mol. The minimum absolute atomic E-state index is 0.00170. The SMILES string of the molecule is C=N/C(=N\C=C(/C)c1ccc(OCCCCCCC)cc1)c1ccc(C[C@H](NC(=O)c2ccc(C(C)(C)C)s2)C(=O)N2CC(C(=O)N(C)C)C2)cc1. The number of rotatable bonds is 16. The molecule has 1 N–H and O–H groups in total. The van der Waals surface area contributed by atoms with Gasteiger partial charge < -0.3 is 19.9 Å². The number of amides is 3. The molecular formula is C42H55N5O4S. The molecule has 10 heteroatoms. The lowest BCUT2D eigenvalue weighted by molar-refractivity contribution is -0.148. The molecule has 4 rings (SSSR count). The molecule has 1 aromatic heterocycles. The number of likely N-dealkylation sites (tertiary alicyclic amines) is 1. The van der Waals surface area contributed by atoms with Crippen molar-refractivity contribution >= 4 is 47.2 Å². The van der Waals surface area contributed by atoms with Crippen LogP contribution in [0.1, 0.15) is 98.0 Å². The molecule has 0 bridgehead atoms. The van der Waals surface area contributed by atoms with E-state index < -0.39 is 6.04 Å². The second-order valence-corrected chi connectivity index (χ2v) is 15.8. The molecule has 2 heterocycles. The smallest absolute Gasteiger partial charge is 0.262 e. The molecule has 1 atom stereocenters. The van der Waals surface area contributed by atoms with Crippen LogP contribution in [0.4, 0.5) is 0 Å². The van der Waals surface area contributed by atoms with Crippen LogP contribution in [-0.4, -0.2) is 79.9 Å². The fourth-order valence-electron chi connectivity index (χ4n) is 5.87. The van der Waals surface area contributed by atoms with Crippen LogP contribution in [0.25, 0.3) is 5.57 Å². The summed E-state index contributed by atoms with van der Waals surface area (Å²) in [5.74, 6) is 0.612. The monoisotopic (exact) mass is 725 g/mol. The van der Waals surface area contributed by atoms with Crippen molar-refractivity contribution in [1.82, 2.24) is 15.1 Å². The average Bonchev–Trinajstić information content (AvgIpc) is 3.62. The zero-order valence-electron chi connectivity index (χ0n) is 31.9. The number of carbonyl (C=O) groups excluding carboxylic acids is 3. The molecule has 1 aliphatic heterocycles. The van der Waals surface area contributed by atoms with Crippen molar-refractivity contribution in [3.05, 3.63) is 93.3 Å². The highest BCUT2D eigenvalue weighted by molar-refractivity contribution is 7.14. The van der Waals surface area contributed by atoms with E-state index in [0.717, 1.165) is 45.9 Å². The van der Waals surface area contributed by atoms with Crippen LogP contribution in [0.2, 0.25) is 0 Å². The number of benzene rings is 2. The Kier molecular flexibility index (Phi) is 14.5. The summed E-state index contributed by atoms with van der Waals surface area (Å²) in [6.07, 6.45) is 8.10. The minimum Gasteiger partial charge on any atom is -0.494 e. The fraction of sp³-hybridized carbons (Fsp3) is 0.452. The van der Waals surface area contributed by atoms with Crippen LogP contribution in [0.3, 0.4) is 0 Å². The van der Waals surface area contributed by atoms with Crippen molar-refractivity contribution in [2.24, 2.45) is 15.9 Å². The molecule has 0 unspecified atom stereocenters. The lowest BCUT2D eigenvalue weighted by atomic mass is 9.95. The van der Waals surface area contributed by atoms with Gasteiger partial charge in [0.25, 0.3) is 5.91 Å². The molecule has 0 saturated carbocycles. The van der Waals surface area contributed by atoms with E-state index in [-0.39, 0.29) is 35.5 Å². The lowest BCUT2D eigenvalue weighted by Gasteiger charge is -2.41. The van der Waals surface area contributed by atoms with Gasteiger partial charge in [0.15, 0.2) is 5.84 Å². The number of hydrogen-bond acceptors (Lipinski definition) is 6. The maximum absolute atomic E-state index is 13.7. The van der Waals surface area contributed by atoms with Gasteiger partial charge in [0.1, 0.15) is 11.8 Å². The predicted octanol–water partition coefficient (Wildman–Crippen LogP) is 7.79. The predicted molar refractivity (Wildman–Crippen MR) is 214 cm³/mol. The maximum atomic E-state index is 13.7. The Labute approximate surface area is 313 Å². The second-order valence-electron chi connectivity index (χ2n) is 14.7. The van der Waals surface area contributed by atoms with Gasteiger partial charge in [-0.25, -0.2) is 9.98 Å². The quantitative estimate of drug-likeness (QED) is 0.0925. The molecule has 0 aliphatic carbocycles. The van der Waals surface area contributed by atoms with Gasteiger partial charge in [-0.15, -0.1) is 11.3 Å². The number of nitrogens with zero attached hydrogens (tertiary/aromatic N) is 4. The van der Waals surface area contributed by atoms with Crippen molar-refractivity contribution in [2.75, 3.05) is 33.8 Å². The largest absolute Gasteiger partial charge is 0.494 e. The van der Waals surface area contributed by atoms with Gasteiger partial charge in [-0.1, -0.05) is 89.8 Å². The molecular weight excluding hydrogens is 671 g/mol. The van der Waals surface area contributed by atoms with Crippen LogP contribution in [-0.2, 0) is 21.4 Å². The third-order valence-corrected chi connectivity index (χ3v) is 10.7. The molecule has 2 aromatic carbocycles. The molecule has 9 nitrogen and oxygen atoms in total. The summed E-state index contributed by atoms with van der Waals surface area (Å²) in [7, 11) is 3.43. The highest BCUT2D eigenvalue weighted by Gasteiger charge is 2.39. The van der Waals surface area contributed by atoms with Crippen LogP contribution in [0.5, 0.6) is 5.75 Å². The molecule has 1 saturated heterocycles. The van der Waals surface area contributed by atoms with Crippen LogP contribution in [0, 0.1) is 5.92 Å². The van der Waals surface area contributed by atoms with Crippen molar-refractivity contribution in [3.8, 4) is 5.75 Å². The summed E-state index contributed by atoms with van der Waals surface area (Å²) in [4.78, 5) is 53.2. The second kappa shape index (κ2) is 18.8.